The summed E-state index contributed by atoms with van der Waals surface area (Å²) >= 11 is 0. The van der Waals surface area contributed by atoms with Gasteiger partial charge in [0.2, 0.25) is 0 Å². The van der Waals surface area contributed by atoms with Gasteiger partial charge in [-0.1, -0.05) is 6.07 Å². The molecule has 96 valence electrons. The van der Waals surface area contributed by atoms with Crippen LogP contribution in [0.3, 0.4) is 0 Å². The number of hydrogen-bond acceptors (Lipinski definition) is 4. The summed E-state index contributed by atoms with van der Waals surface area (Å²) in [6, 6.07) is 6.78. The largest absolute Gasteiger partial charge is 0.443 e. The van der Waals surface area contributed by atoms with E-state index in [-0.39, 0.29) is 0 Å². The molecule has 0 bridgehead atoms. The number of nitrogens with zero attached hydrogens (tertiary/aromatic N) is 3. The van der Waals surface area contributed by atoms with Gasteiger partial charge in [-0.05, 0) is 26.0 Å². The fraction of sp³-hybridized carbons (Fsp3) is 0.500. The smallest absolute Gasteiger partial charge is 0.182 e. The molecule has 4 nitrogen and oxygen atoms in total. The van der Waals surface area contributed by atoms with Gasteiger partial charge < -0.3 is 9.32 Å². The summed E-state index contributed by atoms with van der Waals surface area (Å²) in [5.74, 6) is 0. The molecule has 0 atom stereocenters. The van der Waals surface area contributed by atoms with Gasteiger partial charge in [0.1, 0.15) is 5.52 Å². The van der Waals surface area contributed by atoms with E-state index < -0.39 is 0 Å². The molecule has 3 rings (SSSR count). The molecule has 2 heterocycles. The highest BCUT2D eigenvalue weighted by Gasteiger charge is 2.20. The fourth-order valence-corrected chi connectivity index (χ4v) is 2.61. The van der Waals surface area contributed by atoms with Gasteiger partial charge in [0, 0.05) is 32.2 Å². The van der Waals surface area contributed by atoms with Crippen LogP contribution in [0.25, 0.3) is 11.1 Å². The van der Waals surface area contributed by atoms with Crippen LogP contribution in [0.4, 0.5) is 5.69 Å². The van der Waals surface area contributed by atoms with Gasteiger partial charge >= 0.3 is 0 Å². The molecular formula is C14H19N3O. The van der Waals surface area contributed by atoms with Gasteiger partial charge in [0.25, 0.3) is 0 Å². The van der Waals surface area contributed by atoms with Crippen LogP contribution < -0.4 is 4.90 Å². The molecular weight excluding hydrogens is 226 g/mol. The number of oxazole rings is 1. The first kappa shape index (κ1) is 11.5. The molecule has 2 aromatic rings. The predicted molar refractivity (Wildman–Crippen MR) is 72.9 cm³/mol. The van der Waals surface area contributed by atoms with E-state index in [1.807, 2.05) is 12.1 Å². The van der Waals surface area contributed by atoms with E-state index in [0.717, 1.165) is 37.3 Å². The van der Waals surface area contributed by atoms with Crippen molar-refractivity contribution in [2.24, 2.45) is 0 Å². The van der Waals surface area contributed by atoms with Crippen LogP contribution in [0, 0.1) is 0 Å². The first-order valence-electron chi connectivity index (χ1n) is 6.57. The monoisotopic (exact) mass is 245 g/mol. The zero-order valence-electron chi connectivity index (χ0n) is 11.0. The molecule has 0 spiro atoms. The van der Waals surface area contributed by atoms with E-state index in [9.17, 15) is 0 Å². The molecule has 0 amide bonds. The quantitative estimate of drug-likeness (QED) is 0.813. The second-order valence-corrected chi connectivity index (χ2v) is 5.09. The Hall–Kier alpha value is -1.55. The molecule has 0 saturated carbocycles. The van der Waals surface area contributed by atoms with Crippen molar-refractivity contribution < 1.29 is 4.42 Å². The van der Waals surface area contributed by atoms with E-state index >= 15 is 0 Å². The molecule has 0 aliphatic carbocycles. The summed E-state index contributed by atoms with van der Waals surface area (Å²) < 4.78 is 5.36. The average molecular weight is 245 g/mol. The summed E-state index contributed by atoms with van der Waals surface area (Å²) in [6.45, 7) is 8.87. The number of para-hydroxylation sites is 1. The lowest BCUT2D eigenvalue weighted by Crippen LogP contribution is -2.48. The van der Waals surface area contributed by atoms with Crippen LogP contribution in [-0.4, -0.2) is 42.1 Å². The van der Waals surface area contributed by atoms with Crippen molar-refractivity contribution in [1.29, 1.82) is 0 Å². The Kier molecular flexibility index (Phi) is 2.96. The van der Waals surface area contributed by atoms with Gasteiger partial charge in [0.05, 0.1) is 5.69 Å². The fourth-order valence-electron chi connectivity index (χ4n) is 2.61. The highest BCUT2D eigenvalue weighted by molar-refractivity contribution is 5.87. The Morgan fingerprint density at radius 2 is 1.94 bits per heavy atom. The van der Waals surface area contributed by atoms with E-state index in [4.69, 9.17) is 4.42 Å². The van der Waals surface area contributed by atoms with Crippen molar-refractivity contribution in [3.63, 3.8) is 0 Å². The molecule has 0 N–H and O–H groups in total. The number of benzene rings is 1. The number of aromatic nitrogens is 1. The Morgan fingerprint density at radius 3 is 2.67 bits per heavy atom. The van der Waals surface area contributed by atoms with Crippen molar-refractivity contribution >= 4 is 16.8 Å². The molecule has 1 fully saturated rings. The number of hydrogen-bond donors (Lipinski definition) is 0. The number of piperazine rings is 1. The maximum atomic E-state index is 5.36. The van der Waals surface area contributed by atoms with Gasteiger partial charge in [0.15, 0.2) is 12.0 Å². The SMILES string of the molecule is CC(C)N1CCN(c2cccc3ocnc23)CC1. The van der Waals surface area contributed by atoms with Gasteiger partial charge in [-0.25, -0.2) is 4.98 Å². The number of rotatable bonds is 2. The maximum Gasteiger partial charge on any atom is 0.182 e. The Labute approximate surface area is 107 Å². The van der Waals surface area contributed by atoms with Crippen molar-refractivity contribution in [3.8, 4) is 0 Å². The van der Waals surface area contributed by atoms with Crippen LogP contribution in [0.15, 0.2) is 29.0 Å². The summed E-state index contributed by atoms with van der Waals surface area (Å²) in [6.07, 6.45) is 1.53. The zero-order valence-corrected chi connectivity index (χ0v) is 11.0. The van der Waals surface area contributed by atoms with Crippen LogP contribution >= 0.6 is 0 Å². The zero-order chi connectivity index (χ0) is 12.5. The molecule has 4 heteroatoms. The van der Waals surface area contributed by atoms with E-state index in [1.165, 1.54) is 12.1 Å². The molecule has 1 aromatic heterocycles. The van der Waals surface area contributed by atoms with Crippen LogP contribution in [0.2, 0.25) is 0 Å². The predicted octanol–water partition coefficient (Wildman–Crippen LogP) is 2.36. The highest BCUT2D eigenvalue weighted by atomic mass is 16.3. The average Bonchev–Trinajstić information content (AvgIpc) is 2.87. The molecule has 1 aliphatic rings. The van der Waals surface area contributed by atoms with Gasteiger partial charge in [-0.3, -0.25) is 4.90 Å². The minimum Gasteiger partial charge on any atom is -0.443 e. The van der Waals surface area contributed by atoms with E-state index in [2.05, 4.69) is 34.7 Å². The number of fused-ring (bicyclic) bond motifs is 1. The van der Waals surface area contributed by atoms with Crippen molar-refractivity contribution in [2.45, 2.75) is 19.9 Å². The normalized spacial score (nSPS) is 17.8. The lowest BCUT2D eigenvalue weighted by atomic mass is 10.2. The molecule has 1 aromatic carbocycles. The second-order valence-electron chi connectivity index (χ2n) is 5.09. The molecule has 0 unspecified atom stereocenters. The summed E-state index contributed by atoms with van der Waals surface area (Å²) in [5, 5.41) is 0. The van der Waals surface area contributed by atoms with Crippen LogP contribution in [0.5, 0.6) is 0 Å². The standard InChI is InChI=1S/C14H19N3O/c1-11(2)16-6-8-17(9-7-16)12-4-3-5-13-14(12)15-10-18-13/h3-5,10-11H,6-9H2,1-2H3. The summed E-state index contributed by atoms with van der Waals surface area (Å²) in [4.78, 5) is 9.25. The first-order valence-corrected chi connectivity index (χ1v) is 6.57. The Balaban J connectivity index is 1.82. The number of anilines is 1. The Bertz CT molecular complexity index is 527. The van der Waals surface area contributed by atoms with Gasteiger partial charge in [-0.15, -0.1) is 0 Å². The topological polar surface area (TPSA) is 32.5 Å². The van der Waals surface area contributed by atoms with Crippen molar-refractivity contribution in [1.82, 2.24) is 9.88 Å². The minimum atomic E-state index is 0.634. The summed E-state index contributed by atoms with van der Waals surface area (Å²) in [5.41, 5.74) is 3.05. The minimum absolute atomic E-state index is 0.634. The van der Waals surface area contributed by atoms with Crippen molar-refractivity contribution in [3.05, 3.63) is 24.6 Å². The summed E-state index contributed by atoms with van der Waals surface area (Å²) in [7, 11) is 0. The lowest BCUT2D eigenvalue weighted by molar-refractivity contribution is 0.209. The first-order chi connectivity index (χ1) is 8.75. The molecule has 1 aliphatic heterocycles. The third kappa shape index (κ3) is 1.97. The second kappa shape index (κ2) is 4.61. The van der Waals surface area contributed by atoms with Crippen LogP contribution in [0.1, 0.15) is 13.8 Å². The maximum absolute atomic E-state index is 5.36. The lowest BCUT2D eigenvalue weighted by Gasteiger charge is -2.38. The van der Waals surface area contributed by atoms with Gasteiger partial charge in [-0.2, -0.15) is 0 Å². The molecule has 18 heavy (non-hydrogen) atoms. The molecule has 1 saturated heterocycles. The van der Waals surface area contributed by atoms with E-state index in [0.29, 0.717) is 6.04 Å². The third-order valence-corrected chi connectivity index (χ3v) is 3.72. The van der Waals surface area contributed by atoms with Crippen molar-refractivity contribution in [2.75, 3.05) is 31.1 Å². The molecule has 0 radical (unpaired) electrons. The highest BCUT2D eigenvalue weighted by Crippen LogP contribution is 2.26. The van der Waals surface area contributed by atoms with Crippen LogP contribution in [-0.2, 0) is 0 Å². The Morgan fingerprint density at radius 1 is 1.17 bits per heavy atom. The third-order valence-electron chi connectivity index (χ3n) is 3.72. The van der Waals surface area contributed by atoms with E-state index in [1.54, 1.807) is 0 Å².